The summed E-state index contributed by atoms with van der Waals surface area (Å²) >= 11 is 0. The SMILES string of the molecule is NNC(N)=NCC1CCOCC1. The number of nitrogens with zero attached hydrogens (tertiary/aromatic N) is 1. The van der Waals surface area contributed by atoms with Gasteiger partial charge in [0.2, 0.25) is 5.96 Å². The van der Waals surface area contributed by atoms with E-state index in [0.717, 1.165) is 32.6 Å². The maximum Gasteiger partial charge on any atom is 0.203 e. The van der Waals surface area contributed by atoms with Crippen molar-refractivity contribution < 1.29 is 4.74 Å². The van der Waals surface area contributed by atoms with E-state index in [1.165, 1.54) is 0 Å². The van der Waals surface area contributed by atoms with Crippen molar-refractivity contribution in [3.63, 3.8) is 0 Å². The molecule has 5 nitrogen and oxygen atoms in total. The number of hydrogen-bond acceptors (Lipinski definition) is 3. The van der Waals surface area contributed by atoms with Crippen LogP contribution in [0.1, 0.15) is 12.8 Å². The van der Waals surface area contributed by atoms with E-state index in [1.54, 1.807) is 0 Å². The van der Waals surface area contributed by atoms with Gasteiger partial charge in [-0.15, -0.1) is 0 Å². The van der Waals surface area contributed by atoms with Gasteiger partial charge >= 0.3 is 0 Å². The van der Waals surface area contributed by atoms with Crippen molar-refractivity contribution in [3.8, 4) is 0 Å². The summed E-state index contributed by atoms with van der Waals surface area (Å²) in [5.41, 5.74) is 7.67. The van der Waals surface area contributed by atoms with Crippen LogP contribution in [-0.4, -0.2) is 25.7 Å². The molecule has 0 saturated carbocycles. The average molecular weight is 172 g/mol. The molecule has 1 aliphatic rings. The van der Waals surface area contributed by atoms with Crippen LogP contribution in [-0.2, 0) is 4.74 Å². The number of guanidine groups is 1. The zero-order chi connectivity index (χ0) is 8.81. The standard InChI is InChI=1S/C7H16N4O/c8-7(11-9)10-5-6-1-3-12-4-2-6/h6H,1-5,9H2,(H3,8,10,11). The summed E-state index contributed by atoms with van der Waals surface area (Å²) in [6.45, 7) is 2.44. The number of rotatable bonds is 2. The van der Waals surface area contributed by atoms with Crippen LogP contribution >= 0.6 is 0 Å². The molecule has 0 unspecified atom stereocenters. The Hall–Kier alpha value is -0.810. The molecule has 0 bridgehead atoms. The number of hydrazine groups is 1. The van der Waals surface area contributed by atoms with E-state index in [9.17, 15) is 0 Å². The van der Waals surface area contributed by atoms with Crippen molar-refractivity contribution in [2.45, 2.75) is 12.8 Å². The first-order valence-corrected chi connectivity index (χ1v) is 4.17. The summed E-state index contributed by atoms with van der Waals surface area (Å²) in [7, 11) is 0. The molecule has 0 amide bonds. The van der Waals surface area contributed by atoms with Crippen molar-refractivity contribution in [2.24, 2.45) is 22.5 Å². The van der Waals surface area contributed by atoms with Crippen LogP contribution in [0.5, 0.6) is 0 Å². The van der Waals surface area contributed by atoms with E-state index in [4.69, 9.17) is 16.3 Å². The van der Waals surface area contributed by atoms with Crippen molar-refractivity contribution in [2.75, 3.05) is 19.8 Å². The Bertz CT molecular complexity index is 153. The topological polar surface area (TPSA) is 85.7 Å². The van der Waals surface area contributed by atoms with Crippen molar-refractivity contribution in [1.82, 2.24) is 5.43 Å². The van der Waals surface area contributed by atoms with Crippen LogP contribution in [0.3, 0.4) is 0 Å². The van der Waals surface area contributed by atoms with Crippen LogP contribution < -0.4 is 17.0 Å². The molecule has 0 aromatic heterocycles. The molecule has 0 aliphatic carbocycles. The minimum Gasteiger partial charge on any atom is -0.381 e. The molecule has 0 aromatic rings. The second-order valence-corrected chi connectivity index (χ2v) is 2.93. The lowest BCUT2D eigenvalue weighted by Crippen LogP contribution is -2.37. The summed E-state index contributed by atoms with van der Waals surface area (Å²) in [6.07, 6.45) is 2.14. The second-order valence-electron chi connectivity index (χ2n) is 2.93. The molecule has 12 heavy (non-hydrogen) atoms. The molecule has 1 aliphatic heterocycles. The zero-order valence-corrected chi connectivity index (χ0v) is 7.12. The summed E-state index contributed by atoms with van der Waals surface area (Å²) in [5.74, 6) is 5.97. The Labute approximate surface area is 72.1 Å². The number of hydrogen-bond donors (Lipinski definition) is 3. The highest BCUT2D eigenvalue weighted by atomic mass is 16.5. The zero-order valence-electron chi connectivity index (χ0n) is 7.12. The quantitative estimate of drug-likeness (QED) is 0.220. The lowest BCUT2D eigenvalue weighted by molar-refractivity contribution is 0.0689. The van der Waals surface area contributed by atoms with Crippen molar-refractivity contribution in [1.29, 1.82) is 0 Å². The van der Waals surface area contributed by atoms with Crippen LogP contribution in [0.4, 0.5) is 0 Å². The predicted molar refractivity (Wildman–Crippen MR) is 47.4 cm³/mol. The third-order valence-electron chi connectivity index (χ3n) is 2.01. The van der Waals surface area contributed by atoms with Gasteiger partial charge in [0.15, 0.2) is 0 Å². The molecule has 0 atom stereocenters. The monoisotopic (exact) mass is 172 g/mol. The molecule has 1 heterocycles. The van der Waals surface area contributed by atoms with E-state index in [-0.39, 0.29) is 0 Å². The minimum absolute atomic E-state index is 0.307. The number of nitrogens with one attached hydrogen (secondary N) is 1. The van der Waals surface area contributed by atoms with Gasteiger partial charge in [0.05, 0.1) is 0 Å². The van der Waals surface area contributed by atoms with E-state index in [1.807, 2.05) is 0 Å². The van der Waals surface area contributed by atoms with Gasteiger partial charge in [-0.25, -0.2) is 5.84 Å². The molecule has 1 fully saturated rings. The summed E-state index contributed by atoms with van der Waals surface area (Å²) < 4.78 is 5.21. The molecule has 5 heteroatoms. The van der Waals surface area contributed by atoms with Gasteiger partial charge in [-0.1, -0.05) is 0 Å². The molecule has 0 radical (unpaired) electrons. The van der Waals surface area contributed by atoms with Crippen LogP contribution in [0.2, 0.25) is 0 Å². The van der Waals surface area contributed by atoms with Gasteiger partial charge < -0.3 is 10.5 Å². The number of aliphatic imine (C=N–C) groups is 1. The first-order valence-electron chi connectivity index (χ1n) is 4.17. The van der Waals surface area contributed by atoms with Gasteiger partial charge in [0.25, 0.3) is 0 Å². The lowest BCUT2D eigenvalue weighted by Gasteiger charge is -2.20. The van der Waals surface area contributed by atoms with Gasteiger partial charge in [0, 0.05) is 19.8 Å². The lowest BCUT2D eigenvalue weighted by atomic mass is 10.0. The van der Waals surface area contributed by atoms with Crippen LogP contribution in [0, 0.1) is 5.92 Å². The first-order chi connectivity index (χ1) is 5.83. The van der Waals surface area contributed by atoms with Gasteiger partial charge in [-0.2, -0.15) is 0 Å². The molecule has 70 valence electrons. The van der Waals surface area contributed by atoms with E-state index in [0.29, 0.717) is 11.9 Å². The summed E-state index contributed by atoms with van der Waals surface area (Å²) in [4.78, 5) is 4.07. The van der Waals surface area contributed by atoms with E-state index >= 15 is 0 Å². The molecule has 0 spiro atoms. The van der Waals surface area contributed by atoms with Gasteiger partial charge in [0.1, 0.15) is 0 Å². The highest BCUT2D eigenvalue weighted by Crippen LogP contribution is 2.14. The molecular weight excluding hydrogens is 156 g/mol. The normalized spacial score (nSPS) is 20.9. The smallest absolute Gasteiger partial charge is 0.203 e. The fourth-order valence-corrected chi connectivity index (χ4v) is 1.20. The Morgan fingerprint density at radius 3 is 2.75 bits per heavy atom. The Balaban J connectivity index is 2.21. The number of ether oxygens (including phenoxy) is 1. The van der Waals surface area contributed by atoms with Gasteiger partial charge in [-0.3, -0.25) is 10.4 Å². The average Bonchev–Trinajstić information content (AvgIpc) is 2.16. The van der Waals surface area contributed by atoms with Crippen molar-refractivity contribution in [3.05, 3.63) is 0 Å². The first kappa shape index (κ1) is 9.28. The predicted octanol–water partition coefficient (Wildman–Crippen LogP) is -0.809. The highest BCUT2D eigenvalue weighted by Gasteiger charge is 2.12. The molecule has 5 N–H and O–H groups in total. The maximum atomic E-state index is 5.37. The Kier molecular flexibility index (Phi) is 3.83. The summed E-state index contributed by atoms with van der Waals surface area (Å²) in [5, 5.41) is 0. The molecule has 0 aromatic carbocycles. The minimum atomic E-state index is 0.307. The van der Waals surface area contributed by atoms with E-state index < -0.39 is 0 Å². The molecule has 1 saturated heterocycles. The number of nitrogens with two attached hydrogens (primary N) is 2. The molecule has 1 rings (SSSR count). The summed E-state index contributed by atoms with van der Waals surface area (Å²) in [6, 6.07) is 0. The third kappa shape index (κ3) is 3.06. The van der Waals surface area contributed by atoms with Crippen molar-refractivity contribution >= 4 is 5.96 Å². The fraction of sp³-hybridized carbons (Fsp3) is 0.857. The van der Waals surface area contributed by atoms with Crippen LogP contribution in [0.15, 0.2) is 4.99 Å². The van der Waals surface area contributed by atoms with Crippen LogP contribution in [0.25, 0.3) is 0 Å². The largest absolute Gasteiger partial charge is 0.381 e. The Morgan fingerprint density at radius 1 is 1.50 bits per heavy atom. The van der Waals surface area contributed by atoms with Gasteiger partial charge in [-0.05, 0) is 18.8 Å². The Morgan fingerprint density at radius 2 is 2.17 bits per heavy atom. The second kappa shape index (κ2) is 4.95. The highest BCUT2D eigenvalue weighted by molar-refractivity contribution is 5.77. The third-order valence-corrected chi connectivity index (χ3v) is 2.01. The maximum absolute atomic E-state index is 5.37. The van der Waals surface area contributed by atoms with E-state index in [2.05, 4.69) is 10.4 Å². The fourth-order valence-electron chi connectivity index (χ4n) is 1.20. The molecular formula is C7H16N4O.